The van der Waals surface area contributed by atoms with E-state index in [4.69, 9.17) is 5.73 Å². The van der Waals surface area contributed by atoms with Crippen molar-refractivity contribution in [2.75, 3.05) is 24.1 Å². The maximum absolute atomic E-state index is 11.9. The van der Waals surface area contributed by atoms with Crippen LogP contribution in [0.25, 0.3) is 0 Å². The van der Waals surface area contributed by atoms with Gasteiger partial charge in [-0.2, -0.15) is 0 Å². The molecule has 1 saturated heterocycles. The van der Waals surface area contributed by atoms with Crippen LogP contribution in [0.4, 0.5) is 16.2 Å². The molecule has 5 heteroatoms. The molecule has 1 aliphatic carbocycles. The summed E-state index contributed by atoms with van der Waals surface area (Å²) >= 11 is 0. The number of benzene rings is 1. The largest absolute Gasteiger partial charge is 0.399 e. The second kappa shape index (κ2) is 5.09. The third kappa shape index (κ3) is 3.17. The number of nitrogens with zero attached hydrogens (tertiary/aromatic N) is 1. The van der Waals surface area contributed by atoms with Crippen LogP contribution in [0.1, 0.15) is 19.3 Å². The molecule has 3 rings (SSSR count). The van der Waals surface area contributed by atoms with E-state index in [1.54, 1.807) is 12.1 Å². The second-order valence-corrected chi connectivity index (χ2v) is 5.44. The van der Waals surface area contributed by atoms with Crippen LogP contribution in [-0.4, -0.2) is 36.1 Å². The molecule has 2 amide bonds. The summed E-state index contributed by atoms with van der Waals surface area (Å²) in [5.41, 5.74) is 7.06. The van der Waals surface area contributed by atoms with Crippen LogP contribution in [0, 0.1) is 0 Å². The van der Waals surface area contributed by atoms with Crippen LogP contribution in [0.15, 0.2) is 24.3 Å². The summed E-state index contributed by atoms with van der Waals surface area (Å²) in [4.78, 5) is 14.4. The Bertz CT molecular complexity index is 472. The molecule has 0 radical (unpaired) electrons. The minimum absolute atomic E-state index is 0.145. The highest BCUT2D eigenvalue weighted by molar-refractivity contribution is 5.89. The average molecular weight is 260 g/mol. The summed E-state index contributed by atoms with van der Waals surface area (Å²) in [5, 5.41) is 5.85. The van der Waals surface area contributed by atoms with Gasteiger partial charge in [0.1, 0.15) is 0 Å². The average Bonchev–Trinajstić information content (AvgIpc) is 3.11. The zero-order valence-electron chi connectivity index (χ0n) is 10.9. The number of nitrogen functional groups attached to an aromatic ring is 1. The minimum Gasteiger partial charge on any atom is -0.399 e. The van der Waals surface area contributed by atoms with E-state index < -0.39 is 0 Å². The quantitative estimate of drug-likeness (QED) is 0.723. The number of urea groups is 1. The van der Waals surface area contributed by atoms with Gasteiger partial charge in [0.15, 0.2) is 0 Å². The van der Waals surface area contributed by atoms with Gasteiger partial charge in [0.25, 0.3) is 0 Å². The zero-order valence-corrected chi connectivity index (χ0v) is 10.9. The molecule has 0 aromatic heterocycles. The van der Waals surface area contributed by atoms with Gasteiger partial charge < -0.3 is 16.4 Å². The first-order valence-electron chi connectivity index (χ1n) is 6.88. The molecule has 4 N–H and O–H groups in total. The van der Waals surface area contributed by atoms with E-state index in [0.29, 0.717) is 5.69 Å². The fourth-order valence-corrected chi connectivity index (χ4v) is 2.65. The van der Waals surface area contributed by atoms with E-state index in [1.165, 1.54) is 12.8 Å². The first-order chi connectivity index (χ1) is 9.20. The highest BCUT2D eigenvalue weighted by Gasteiger charge is 2.34. The standard InChI is InChI=1S/C14H20N4O/c15-10-2-1-3-11(8-10)16-14(19)17-12-6-7-18(9-12)13-4-5-13/h1-3,8,12-13H,4-7,9,15H2,(H2,16,17,19). The fourth-order valence-electron chi connectivity index (χ4n) is 2.65. The lowest BCUT2D eigenvalue weighted by molar-refractivity contribution is 0.247. The summed E-state index contributed by atoms with van der Waals surface area (Å²) in [6.45, 7) is 2.09. The molecule has 5 nitrogen and oxygen atoms in total. The molecule has 1 unspecified atom stereocenters. The summed E-state index contributed by atoms with van der Waals surface area (Å²) < 4.78 is 0. The van der Waals surface area contributed by atoms with Crippen LogP contribution >= 0.6 is 0 Å². The predicted molar refractivity (Wildman–Crippen MR) is 76.0 cm³/mol. The maximum Gasteiger partial charge on any atom is 0.319 e. The highest BCUT2D eigenvalue weighted by atomic mass is 16.2. The second-order valence-electron chi connectivity index (χ2n) is 5.44. The van der Waals surface area contributed by atoms with Crippen molar-refractivity contribution in [2.45, 2.75) is 31.3 Å². The Morgan fingerprint density at radius 1 is 1.32 bits per heavy atom. The Balaban J connectivity index is 1.48. The van der Waals surface area contributed by atoms with Crippen molar-refractivity contribution in [1.29, 1.82) is 0 Å². The number of amides is 2. The van der Waals surface area contributed by atoms with E-state index in [9.17, 15) is 4.79 Å². The molecule has 2 fully saturated rings. The predicted octanol–water partition coefficient (Wildman–Crippen LogP) is 1.63. The van der Waals surface area contributed by atoms with Gasteiger partial charge in [-0.25, -0.2) is 4.79 Å². The van der Waals surface area contributed by atoms with E-state index in [2.05, 4.69) is 15.5 Å². The lowest BCUT2D eigenvalue weighted by Gasteiger charge is -2.16. The van der Waals surface area contributed by atoms with E-state index in [1.807, 2.05) is 12.1 Å². The Morgan fingerprint density at radius 2 is 2.16 bits per heavy atom. The van der Waals surface area contributed by atoms with Crippen molar-refractivity contribution in [1.82, 2.24) is 10.2 Å². The SMILES string of the molecule is Nc1cccc(NC(=O)NC2CCN(C3CC3)C2)c1. The Hall–Kier alpha value is -1.75. The molecule has 0 bridgehead atoms. The summed E-state index contributed by atoms with van der Waals surface area (Å²) in [6.07, 6.45) is 3.69. The lowest BCUT2D eigenvalue weighted by Crippen LogP contribution is -2.40. The highest BCUT2D eigenvalue weighted by Crippen LogP contribution is 2.29. The number of rotatable bonds is 3. The number of hydrogen-bond donors (Lipinski definition) is 3. The Kier molecular flexibility index (Phi) is 3.29. The number of hydrogen-bond acceptors (Lipinski definition) is 3. The number of anilines is 2. The summed E-state index contributed by atoms with van der Waals surface area (Å²) in [5.74, 6) is 0. The number of likely N-dealkylation sites (tertiary alicyclic amines) is 1. The van der Waals surface area contributed by atoms with Gasteiger partial charge in [-0.1, -0.05) is 6.07 Å². The van der Waals surface area contributed by atoms with Crippen LogP contribution in [-0.2, 0) is 0 Å². The van der Waals surface area contributed by atoms with Crippen molar-refractivity contribution in [2.24, 2.45) is 0 Å². The normalized spacial score (nSPS) is 23.3. The van der Waals surface area contributed by atoms with Crippen molar-refractivity contribution in [3.63, 3.8) is 0 Å². The van der Waals surface area contributed by atoms with Crippen LogP contribution in [0.2, 0.25) is 0 Å². The first-order valence-corrected chi connectivity index (χ1v) is 6.88. The van der Waals surface area contributed by atoms with Gasteiger partial charge in [-0.3, -0.25) is 4.90 Å². The number of carbonyl (C=O) groups excluding carboxylic acids is 1. The lowest BCUT2D eigenvalue weighted by atomic mass is 10.2. The molecular weight excluding hydrogens is 240 g/mol. The van der Waals surface area contributed by atoms with Crippen molar-refractivity contribution in [3.05, 3.63) is 24.3 Å². The molecular formula is C14H20N4O. The first kappa shape index (κ1) is 12.3. The van der Waals surface area contributed by atoms with Gasteiger partial charge in [0, 0.05) is 36.5 Å². The van der Waals surface area contributed by atoms with Crippen LogP contribution in [0.3, 0.4) is 0 Å². The third-order valence-corrected chi connectivity index (χ3v) is 3.76. The van der Waals surface area contributed by atoms with Gasteiger partial charge in [0.05, 0.1) is 0 Å². The monoisotopic (exact) mass is 260 g/mol. The van der Waals surface area contributed by atoms with E-state index in [0.717, 1.165) is 31.2 Å². The smallest absolute Gasteiger partial charge is 0.319 e. The minimum atomic E-state index is -0.145. The summed E-state index contributed by atoms with van der Waals surface area (Å²) in [6, 6.07) is 8.12. The van der Waals surface area contributed by atoms with Crippen molar-refractivity contribution < 1.29 is 4.79 Å². The Morgan fingerprint density at radius 3 is 2.89 bits per heavy atom. The van der Waals surface area contributed by atoms with Crippen molar-refractivity contribution in [3.8, 4) is 0 Å². The molecule has 1 aromatic rings. The molecule has 0 spiro atoms. The van der Waals surface area contributed by atoms with Crippen LogP contribution < -0.4 is 16.4 Å². The number of nitrogens with two attached hydrogens (primary N) is 1. The van der Waals surface area contributed by atoms with E-state index in [-0.39, 0.29) is 12.1 Å². The number of nitrogens with one attached hydrogen (secondary N) is 2. The Labute approximate surface area is 113 Å². The molecule has 1 aromatic carbocycles. The zero-order chi connectivity index (χ0) is 13.2. The van der Waals surface area contributed by atoms with Gasteiger partial charge >= 0.3 is 6.03 Å². The molecule has 19 heavy (non-hydrogen) atoms. The van der Waals surface area contributed by atoms with Gasteiger partial charge in [0.2, 0.25) is 0 Å². The molecule has 1 atom stereocenters. The molecule has 1 aliphatic heterocycles. The van der Waals surface area contributed by atoms with Gasteiger partial charge in [-0.05, 0) is 37.5 Å². The fraction of sp³-hybridized carbons (Fsp3) is 0.500. The molecule has 1 heterocycles. The molecule has 2 aliphatic rings. The van der Waals surface area contributed by atoms with Gasteiger partial charge in [-0.15, -0.1) is 0 Å². The maximum atomic E-state index is 11.9. The van der Waals surface area contributed by atoms with E-state index >= 15 is 0 Å². The third-order valence-electron chi connectivity index (χ3n) is 3.76. The summed E-state index contributed by atoms with van der Waals surface area (Å²) in [7, 11) is 0. The van der Waals surface area contributed by atoms with Crippen LogP contribution in [0.5, 0.6) is 0 Å². The molecule has 1 saturated carbocycles. The number of carbonyl (C=O) groups is 1. The topological polar surface area (TPSA) is 70.4 Å². The van der Waals surface area contributed by atoms with Crippen molar-refractivity contribution >= 4 is 17.4 Å². The molecule has 102 valence electrons.